The monoisotopic (exact) mass is 196 g/mol. The van der Waals surface area contributed by atoms with E-state index >= 15 is 0 Å². The van der Waals surface area contributed by atoms with Gasteiger partial charge in [-0.3, -0.25) is 9.89 Å². The van der Waals surface area contributed by atoms with Crippen LogP contribution in [-0.2, 0) is 4.79 Å². The standard InChI is InChI=1S/C9H16N4O/c1-6-9(7(2)13-12-6)11-8(14)4-3-5-10/h3-5,10H2,1-2H3,(H,11,14)(H,12,13). The van der Waals surface area contributed by atoms with Crippen LogP contribution in [0.5, 0.6) is 0 Å². The number of rotatable bonds is 4. The van der Waals surface area contributed by atoms with Gasteiger partial charge in [0.1, 0.15) is 0 Å². The first kappa shape index (κ1) is 10.7. The molecule has 0 spiro atoms. The highest BCUT2D eigenvalue weighted by atomic mass is 16.1. The van der Waals surface area contributed by atoms with Gasteiger partial charge >= 0.3 is 0 Å². The number of aromatic amines is 1. The summed E-state index contributed by atoms with van der Waals surface area (Å²) in [4.78, 5) is 11.4. The van der Waals surface area contributed by atoms with Crippen LogP contribution < -0.4 is 11.1 Å². The van der Waals surface area contributed by atoms with Gasteiger partial charge < -0.3 is 11.1 Å². The van der Waals surface area contributed by atoms with Crippen LogP contribution in [0, 0.1) is 13.8 Å². The van der Waals surface area contributed by atoms with Crippen LogP contribution in [0.1, 0.15) is 24.2 Å². The van der Waals surface area contributed by atoms with Crippen molar-refractivity contribution in [2.75, 3.05) is 11.9 Å². The summed E-state index contributed by atoms with van der Waals surface area (Å²) in [5, 5.41) is 9.60. The molecule has 1 rings (SSSR count). The molecule has 5 nitrogen and oxygen atoms in total. The van der Waals surface area contributed by atoms with Crippen molar-refractivity contribution < 1.29 is 4.79 Å². The number of amides is 1. The highest BCUT2D eigenvalue weighted by Gasteiger charge is 2.09. The van der Waals surface area contributed by atoms with Crippen LogP contribution in [0.25, 0.3) is 0 Å². The molecule has 0 atom stereocenters. The molecule has 0 aliphatic carbocycles. The number of nitrogens with two attached hydrogens (primary N) is 1. The molecule has 0 bridgehead atoms. The minimum absolute atomic E-state index is 0.0111. The molecule has 4 N–H and O–H groups in total. The molecule has 0 aromatic carbocycles. The van der Waals surface area contributed by atoms with Crippen LogP contribution in [0.3, 0.4) is 0 Å². The molecule has 78 valence electrons. The smallest absolute Gasteiger partial charge is 0.224 e. The Morgan fingerprint density at radius 2 is 2.29 bits per heavy atom. The Morgan fingerprint density at radius 1 is 1.57 bits per heavy atom. The summed E-state index contributed by atoms with van der Waals surface area (Å²) >= 11 is 0. The fourth-order valence-corrected chi connectivity index (χ4v) is 1.20. The van der Waals surface area contributed by atoms with E-state index in [1.54, 1.807) is 0 Å². The molecule has 1 heterocycles. The summed E-state index contributed by atoms with van der Waals surface area (Å²) in [5.41, 5.74) is 7.78. The van der Waals surface area contributed by atoms with E-state index in [-0.39, 0.29) is 5.91 Å². The fourth-order valence-electron chi connectivity index (χ4n) is 1.20. The topological polar surface area (TPSA) is 83.8 Å². The second-order valence-corrected chi connectivity index (χ2v) is 3.25. The molecule has 0 unspecified atom stereocenters. The molecule has 14 heavy (non-hydrogen) atoms. The molecule has 0 radical (unpaired) electrons. The van der Waals surface area contributed by atoms with Gasteiger partial charge in [-0.05, 0) is 26.8 Å². The third kappa shape index (κ3) is 2.56. The molecule has 1 aromatic rings. The van der Waals surface area contributed by atoms with Crippen LogP contribution in [0.4, 0.5) is 5.69 Å². The Morgan fingerprint density at radius 3 is 2.79 bits per heavy atom. The van der Waals surface area contributed by atoms with E-state index in [2.05, 4.69) is 15.5 Å². The Kier molecular flexibility index (Phi) is 3.64. The highest BCUT2D eigenvalue weighted by Crippen LogP contribution is 2.16. The van der Waals surface area contributed by atoms with E-state index in [0.29, 0.717) is 19.4 Å². The van der Waals surface area contributed by atoms with Gasteiger partial charge in [-0.2, -0.15) is 5.10 Å². The highest BCUT2D eigenvalue weighted by molar-refractivity contribution is 5.91. The van der Waals surface area contributed by atoms with Crippen molar-refractivity contribution >= 4 is 11.6 Å². The first-order valence-electron chi connectivity index (χ1n) is 4.66. The number of aryl methyl sites for hydroxylation is 2. The number of aromatic nitrogens is 2. The average Bonchev–Trinajstić information content (AvgIpc) is 2.46. The lowest BCUT2D eigenvalue weighted by Crippen LogP contribution is -2.14. The van der Waals surface area contributed by atoms with Gasteiger partial charge in [-0.15, -0.1) is 0 Å². The quantitative estimate of drug-likeness (QED) is 0.663. The van der Waals surface area contributed by atoms with E-state index in [1.807, 2.05) is 13.8 Å². The zero-order valence-corrected chi connectivity index (χ0v) is 8.55. The number of nitrogens with one attached hydrogen (secondary N) is 2. The largest absolute Gasteiger partial charge is 0.330 e. The normalized spacial score (nSPS) is 10.2. The van der Waals surface area contributed by atoms with Crippen molar-refractivity contribution in [3.05, 3.63) is 11.4 Å². The van der Waals surface area contributed by atoms with Crippen molar-refractivity contribution in [3.63, 3.8) is 0 Å². The van der Waals surface area contributed by atoms with Crippen molar-refractivity contribution in [2.45, 2.75) is 26.7 Å². The number of carbonyl (C=O) groups excluding carboxylic acids is 1. The Hall–Kier alpha value is -1.36. The molecule has 0 saturated carbocycles. The molecule has 5 heteroatoms. The summed E-state index contributed by atoms with van der Waals surface area (Å²) in [6, 6.07) is 0. The summed E-state index contributed by atoms with van der Waals surface area (Å²) in [7, 11) is 0. The molecule has 0 aliphatic heterocycles. The van der Waals surface area contributed by atoms with Crippen LogP contribution in [0.2, 0.25) is 0 Å². The van der Waals surface area contributed by atoms with E-state index < -0.39 is 0 Å². The SMILES string of the molecule is Cc1n[nH]c(C)c1NC(=O)CCCN. The lowest BCUT2D eigenvalue weighted by Gasteiger charge is -2.03. The van der Waals surface area contributed by atoms with Crippen LogP contribution >= 0.6 is 0 Å². The van der Waals surface area contributed by atoms with Gasteiger partial charge in [-0.1, -0.05) is 0 Å². The van der Waals surface area contributed by atoms with E-state index in [9.17, 15) is 4.79 Å². The van der Waals surface area contributed by atoms with Gasteiger partial charge in [0.2, 0.25) is 5.91 Å². The number of hydrogen-bond acceptors (Lipinski definition) is 3. The Bertz CT molecular complexity index is 299. The number of hydrogen-bond donors (Lipinski definition) is 3. The maximum absolute atomic E-state index is 11.4. The van der Waals surface area contributed by atoms with Gasteiger partial charge in [0.25, 0.3) is 0 Å². The fraction of sp³-hybridized carbons (Fsp3) is 0.556. The van der Waals surface area contributed by atoms with Crippen molar-refractivity contribution in [1.29, 1.82) is 0 Å². The van der Waals surface area contributed by atoms with E-state index in [1.165, 1.54) is 0 Å². The zero-order valence-electron chi connectivity index (χ0n) is 8.55. The Labute approximate surface area is 83.1 Å². The van der Waals surface area contributed by atoms with Crippen LogP contribution in [0.15, 0.2) is 0 Å². The second kappa shape index (κ2) is 4.76. The molecular formula is C9H16N4O. The van der Waals surface area contributed by atoms with Gasteiger partial charge in [0, 0.05) is 6.42 Å². The van der Waals surface area contributed by atoms with Gasteiger partial charge in [0.15, 0.2) is 0 Å². The molecule has 0 fully saturated rings. The van der Waals surface area contributed by atoms with Crippen molar-refractivity contribution in [1.82, 2.24) is 10.2 Å². The number of nitrogens with zero attached hydrogens (tertiary/aromatic N) is 1. The summed E-state index contributed by atoms with van der Waals surface area (Å²) in [6.07, 6.45) is 1.17. The molecule has 0 aliphatic rings. The zero-order chi connectivity index (χ0) is 10.6. The van der Waals surface area contributed by atoms with Crippen molar-refractivity contribution in [3.8, 4) is 0 Å². The number of carbonyl (C=O) groups is 1. The average molecular weight is 196 g/mol. The minimum atomic E-state index is -0.0111. The van der Waals surface area contributed by atoms with Crippen LogP contribution in [-0.4, -0.2) is 22.6 Å². The van der Waals surface area contributed by atoms with Gasteiger partial charge in [-0.25, -0.2) is 0 Å². The van der Waals surface area contributed by atoms with Gasteiger partial charge in [0.05, 0.1) is 17.1 Å². The Balaban J connectivity index is 2.55. The first-order chi connectivity index (χ1) is 6.65. The first-order valence-corrected chi connectivity index (χ1v) is 4.66. The lowest BCUT2D eigenvalue weighted by molar-refractivity contribution is -0.116. The molecule has 0 saturated heterocycles. The van der Waals surface area contributed by atoms with E-state index in [4.69, 9.17) is 5.73 Å². The second-order valence-electron chi connectivity index (χ2n) is 3.25. The summed E-state index contributed by atoms with van der Waals surface area (Å²) < 4.78 is 0. The molecular weight excluding hydrogens is 180 g/mol. The number of anilines is 1. The molecule has 1 aromatic heterocycles. The third-order valence-corrected chi connectivity index (χ3v) is 2.00. The maximum Gasteiger partial charge on any atom is 0.224 e. The maximum atomic E-state index is 11.4. The number of H-pyrrole nitrogens is 1. The summed E-state index contributed by atoms with van der Waals surface area (Å²) in [5.74, 6) is -0.0111. The molecule has 1 amide bonds. The predicted octanol–water partition coefficient (Wildman–Crippen LogP) is 0.704. The summed E-state index contributed by atoms with van der Waals surface area (Å²) in [6.45, 7) is 4.26. The van der Waals surface area contributed by atoms with E-state index in [0.717, 1.165) is 17.1 Å². The lowest BCUT2D eigenvalue weighted by atomic mass is 10.2. The minimum Gasteiger partial charge on any atom is -0.330 e. The van der Waals surface area contributed by atoms with Crippen molar-refractivity contribution in [2.24, 2.45) is 5.73 Å². The third-order valence-electron chi connectivity index (χ3n) is 2.00. The predicted molar refractivity (Wildman–Crippen MR) is 55.0 cm³/mol.